The SMILES string of the molecule is CCNC(CCOCC)CCC1CC1. The van der Waals surface area contributed by atoms with Crippen LogP contribution in [-0.4, -0.2) is 25.8 Å². The Morgan fingerprint density at radius 2 is 2.07 bits per heavy atom. The molecule has 1 aliphatic carbocycles. The molecule has 2 heteroatoms. The number of rotatable bonds is 9. The van der Waals surface area contributed by atoms with Crippen molar-refractivity contribution in [3.63, 3.8) is 0 Å². The van der Waals surface area contributed by atoms with Gasteiger partial charge in [0.2, 0.25) is 0 Å². The maximum Gasteiger partial charge on any atom is 0.0480 e. The molecule has 0 heterocycles. The molecule has 14 heavy (non-hydrogen) atoms. The molecule has 0 radical (unpaired) electrons. The zero-order valence-corrected chi connectivity index (χ0v) is 9.72. The minimum atomic E-state index is 0.687. The lowest BCUT2D eigenvalue weighted by Crippen LogP contribution is -2.30. The monoisotopic (exact) mass is 199 g/mol. The van der Waals surface area contributed by atoms with Crippen molar-refractivity contribution in [3.8, 4) is 0 Å². The van der Waals surface area contributed by atoms with Crippen LogP contribution < -0.4 is 5.32 Å². The number of nitrogens with one attached hydrogen (secondary N) is 1. The van der Waals surface area contributed by atoms with Gasteiger partial charge in [-0.15, -0.1) is 0 Å². The first-order valence-corrected chi connectivity index (χ1v) is 6.18. The van der Waals surface area contributed by atoms with E-state index in [2.05, 4.69) is 19.2 Å². The predicted octanol–water partition coefficient (Wildman–Crippen LogP) is 2.58. The van der Waals surface area contributed by atoms with Crippen LogP contribution in [0.15, 0.2) is 0 Å². The maximum atomic E-state index is 5.39. The molecule has 0 spiro atoms. The predicted molar refractivity (Wildman–Crippen MR) is 60.5 cm³/mol. The maximum absolute atomic E-state index is 5.39. The first-order chi connectivity index (χ1) is 6.86. The molecule has 1 fully saturated rings. The lowest BCUT2D eigenvalue weighted by atomic mass is 10.1. The van der Waals surface area contributed by atoms with Gasteiger partial charge < -0.3 is 10.1 Å². The zero-order chi connectivity index (χ0) is 10.2. The minimum Gasteiger partial charge on any atom is -0.382 e. The van der Waals surface area contributed by atoms with E-state index in [4.69, 9.17) is 4.74 Å². The highest BCUT2D eigenvalue weighted by Crippen LogP contribution is 2.34. The Labute approximate surface area is 88.4 Å². The lowest BCUT2D eigenvalue weighted by molar-refractivity contribution is 0.135. The highest BCUT2D eigenvalue weighted by molar-refractivity contribution is 4.76. The van der Waals surface area contributed by atoms with Gasteiger partial charge in [0, 0.05) is 19.3 Å². The Hall–Kier alpha value is -0.0800. The van der Waals surface area contributed by atoms with Crippen molar-refractivity contribution in [3.05, 3.63) is 0 Å². The second-order valence-electron chi connectivity index (χ2n) is 4.26. The van der Waals surface area contributed by atoms with Crippen molar-refractivity contribution in [1.29, 1.82) is 0 Å². The Morgan fingerprint density at radius 1 is 1.29 bits per heavy atom. The van der Waals surface area contributed by atoms with Gasteiger partial charge in [0.15, 0.2) is 0 Å². The van der Waals surface area contributed by atoms with Crippen molar-refractivity contribution < 1.29 is 4.74 Å². The minimum absolute atomic E-state index is 0.687. The molecule has 1 saturated carbocycles. The smallest absolute Gasteiger partial charge is 0.0480 e. The summed E-state index contributed by atoms with van der Waals surface area (Å²) in [5, 5.41) is 3.54. The third-order valence-electron chi connectivity index (χ3n) is 2.93. The lowest BCUT2D eigenvalue weighted by Gasteiger charge is -2.17. The van der Waals surface area contributed by atoms with Crippen LogP contribution in [0, 0.1) is 5.92 Å². The van der Waals surface area contributed by atoms with Crippen LogP contribution in [0.2, 0.25) is 0 Å². The summed E-state index contributed by atoms with van der Waals surface area (Å²) in [7, 11) is 0. The van der Waals surface area contributed by atoms with E-state index in [1.54, 1.807) is 0 Å². The molecule has 1 unspecified atom stereocenters. The fourth-order valence-corrected chi connectivity index (χ4v) is 1.85. The largest absolute Gasteiger partial charge is 0.382 e. The van der Waals surface area contributed by atoms with Crippen molar-refractivity contribution >= 4 is 0 Å². The van der Waals surface area contributed by atoms with Crippen LogP contribution in [0.4, 0.5) is 0 Å². The van der Waals surface area contributed by atoms with Gasteiger partial charge in [-0.2, -0.15) is 0 Å². The molecule has 1 N–H and O–H groups in total. The van der Waals surface area contributed by atoms with Crippen molar-refractivity contribution in [2.75, 3.05) is 19.8 Å². The Kier molecular flexibility index (Phi) is 6.20. The fourth-order valence-electron chi connectivity index (χ4n) is 1.85. The van der Waals surface area contributed by atoms with Crippen LogP contribution >= 0.6 is 0 Å². The highest BCUT2D eigenvalue weighted by atomic mass is 16.5. The second-order valence-corrected chi connectivity index (χ2v) is 4.26. The van der Waals surface area contributed by atoms with E-state index in [-0.39, 0.29) is 0 Å². The summed E-state index contributed by atoms with van der Waals surface area (Å²) in [5.41, 5.74) is 0. The molecular weight excluding hydrogens is 174 g/mol. The molecule has 1 aliphatic rings. The Balaban J connectivity index is 2.02. The van der Waals surface area contributed by atoms with Gasteiger partial charge in [-0.1, -0.05) is 19.8 Å². The Morgan fingerprint density at radius 3 is 2.64 bits per heavy atom. The Bertz CT molecular complexity index is 134. The van der Waals surface area contributed by atoms with Crippen LogP contribution in [-0.2, 0) is 4.74 Å². The van der Waals surface area contributed by atoms with E-state index in [0.29, 0.717) is 6.04 Å². The summed E-state index contributed by atoms with van der Waals surface area (Å²) in [5.74, 6) is 1.06. The van der Waals surface area contributed by atoms with Gasteiger partial charge in [-0.3, -0.25) is 0 Å². The van der Waals surface area contributed by atoms with Gasteiger partial charge in [-0.05, 0) is 38.6 Å². The van der Waals surface area contributed by atoms with Gasteiger partial charge >= 0.3 is 0 Å². The van der Waals surface area contributed by atoms with E-state index in [1.807, 2.05) is 0 Å². The molecule has 0 bridgehead atoms. The molecular formula is C12H25NO. The third-order valence-corrected chi connectivity index (χ3v) is 2.93. The average molecular weight is 199 g/mol. The fraction of sp³-hybridized carbons (Fsp3) is 1.00. The summed E-state index contributed by atoms with van der Waals surface area (Å²) < 4.78 is 5.39. The molecule has 0 aromatic heterocycles. The summed E-state index contributed by atoms with van der Waals surface area (Å²) in [6, 6.07) is 0.687. The van der Waals surface area contributed by atoms with E-state index < -0.39 is 0 Å². The molecule has 0 aromatic rings. The van der Waals surface area contributed by atoms with Crippen molar-refractivity contribution in [1.82, 2.24) is 5.32 Å². The van der Waals surface area contributed by atoms with Crippen LogP contribution in [0.1, 0.15) is 46.0 Å². The molecule has 0 aromatic carbocycles. The van der Waals surface area contributed by atoms with Crippen LogP contribution in [0.3, 0.4) is 0 Å². The molecule has 0 aliphatic heterocycles. The number of hydrogen-bond acceptors (Lipinski definition) is 2. The van der Waals surface area contributed by atoms with E-state index in [9.17, 15) is 0 Å². The topological polar surface area (TPSA) is 21.3 Å². The first kappa shape index (κ1) is 12.0. The normalized spacial score (nSPS) is 18.4. The van der Waals surface area contributed by atoms with Crippen LogP contribution in [0.25, 0.3) is 0 Å². The highest BCUT2D eigenvalue weighted by Gasteiger charge is 2.22. The third kappa shape index (κ3) is 5.61. The number of hydrogen-bond donors (Lipinski definition) is 1. The first-order valence-electron chi connectivity index (χ1n) is 6.18. The van der Waals surface area contributed by atoms with Gasteiger partial charge in [0.05, 0.1) is 0 Å². The van der Waals surface area contributed by atoms with E-state index >= 15 is 0 Å². The molecule has 1 atom stereocenters. The van der Waals surface area contributed by atoms with Crippen LogP contribution in [0.5, 0.6) is 0 Å². The molecule has 84 valence electrons. The van der Waals surface area contributed by atoms with Gasteiger partial charge in [-0.25, -0.2) is 0 Å². The molecule has 2 nitrogen and oxygen atoms in total. The van der Waals surface area contributed by atoms with Crippen molar-refractivity contribution in [2.24, 2.45) is 5.92 Å². The van der Waals surface area contributed by atoms with Crippen molar-refractivity contribution in [2.45, 2.75) is 52.0 Å². The van der Waals surface area contributed by atoms with Gasteiger partial charge in [0.1, 0.15) is 0 Å². The average Bonchev–Trinajstić information content (AvgIpc) is 2.98. The van der Waals surface area contributed by atoms with E-state index in [1.165, 1.54) is 32.1 Å². The quantitative estimate of drug-likeness (QED) is 0.576. The zero-order valence-electron chi connectivity index (χ0n) is 9.72. The standard InChI is InChI=1S/C12H25NO/c1-3-13-12(9-10-14-4-2)8-7-11-5-6-11/h11-13H,3-10H2,1-2H3. The summed E-state index contributed by atoms with van der Waals surface area (Å²) in [6.45, 7) is 7.10. The molecule has 1 rings (SSSR count). The second kappa shape index (κ2) is 7.24. The number of ether oxygens (including phenoxy) is 1. The molecule has 0 amide bonds. The summed E-state index contributed by atoms with van der Waals surface area (Å²) >= 11 is 0. The molecule has 0 saturated heterocycles. The van der Waals surface area contributed by atoms with E-state index in [0.717, 1.165) is 25.7 Å². The van der Waals surface area contributed by atoms with Gasteiger partial charge in [0.25, 0.3) is 0 Å². The summed E-state index contributed by atoms with van der Waals surface area (Å²) in [6.07, 6.45) is 6.89. The summed E-state index contributed by atoms with van der Waals surface area (Å²) in [4.78, 5) is 0.